The van der Waals surface area contributed by atoms with E-state index >= 15 is 0 Å². The molecule has 0 saturated heterocycles. The fraction of sp³-hybridized carbons (Fsp3) is 0.393. The van der Waals surface area contributed by atoms with Crippen molar-refractivity contribution in [1.82, 2.24) is 15.2 Å². The molecule has 4 nitrogen and oxygen atoms in total. The van der Waals surface area contributed by atoms with Crippen LogP contribution in [0.4, 0.5) is 5.69 Å². The van der Waals surface area contributed by atoms with E-state index in [1.807, 2.05) is 0 Å². The largest absolute Gasteiger partial charge is 0.388 e. The van der Waals surface area contributed by atoms with Crippen molar-refractivity contribution >= 4 is 16.8 Å². The van der Waals surface area contributed by atoms with Gasteiger partial charge in [0.25, 0.3) is 0 Å². The van der Waals surface area contributed by atoms with Crippen LogP contribution in [0, 0.1) is 0 Å². The monoisotopic (exact) mass is 432 g/mol. The molecule has 0 aliphatic carbocycles. The number of nitrogens with zero attached hydrogens (tertiary/aromatic N) is 2. The van der Waals surface area contributed by atoms with E-state index < -0.39 is 0 Å². The Balaban J connectivity index is 2.46. The first-order valence-electron chi connectivity index (χ1n) is 11.8. The molecular weight excluding hydrogens is 392 g/mol. The van der Waals surface area contributed by atoms with Gasteiger partial charge in [-0.15, -0.1) is 0 Å². The molecule has 1 aromatic rings. The molecule has 2 rings (SSSR count). The Morgan fingerprint density at radius 2 is 1.88 bits per heavy atom. The van der Waals surface area contributed by atoms with Gasteiger partial charge in [0, 0.05) is 49.8 Å². The maximum absolute atomic E-state index is 5.04. The summed E-state index contributed by atoms with van der Waals surface area (Å²) in [4.78, 5) is 7.24. The van der Waals surface area contributed by atoms with Gasteiger partial charge in [-0.25, -0.2) is 4.98 Å². The molecule has 0 amide bonds. The van der Waals surface area contributed by atoms with Crippen molar-refractivity contribution in [2.75, 3.05) is 32.0 Å². The number of aromatic nitrogens is 1. The highest BCUT2D eigenvalue weighted by atomic mass is 15.1. The summed E-state index contributed by atoms with van der Waals surface area (Å²) >= 11 is 0. The molecule has 0 aromatic carbocycles. The van der Waals surface area contributed by atoms with Gasteiger partial charge in [0.15, 0.2) is 0 Å². The van der Waals surface area contributed by atoms with Crippen LogP contribution in [0.2, 0.25) is 0 Å². The number of allylic oxidation sites excluding steroid dienone is 8. The average molecular weight is 433 g/mol. The first kappa shape index (κ1) is 25.3. The van der Waals surface area contributed by atoms with Crippen LogP contribution in [0.15, 0.2) is 72.1 Å². The number of anilines is 1. The van der Waals surface area contributed by atoms with E-state index in [1.165, 1.54) is 11.1 Å². The summed E-state index contributed by atoms with van der Waals surface area (Å²) in [6, 6.07) is 4.31. The van der Waals surface area contributed by atoms with E-state index in [1.54, 1.807) is 0 Å². The molecule has 1 aliphatic rings. The maximum Gasteiger partial charge on any atom is 0.0747 e. The van der Waals surface area contributed by atoms with Gasteiger partial charge in [0.05, 0.1) is 11.4 Å². The second-order valence-corrected chi connectivity index (χ2v) is 8.09. The molecule has 0 radical (unpaired) electrons. The zero-order chi connectivity index (χ0) is 23.3. The summed E-state index contributed by atoms with van der Waals surface area (Å²) < 4.78 is 0. The zero-order valence-corrected chi connectivity index (χ0v) is 20.7. The molecule has 0 saturated carbocycles. The Morgan fingerprint density at radius 3 is 2.56 bits per heavy atom. The molecule has 0 unspecified atom stereocenters. The Labute approximate surface area is 195 Å². The Bertz CT molecular complexity index is 929. The first-order valence-corrected chi connectivity index (χ1v) is 11.8. The minimum Gasteiger partial charge on any atom is -0.388 e. The third kappa shape index (κ3) is 7.92. The fourth-order valence-electron chi connectivity index (χ4n) is 3.57. The average Bonchev–Trinajstić information content (AvgIpc) is 2.78. The molecule has 0 bridgehead atoms. The van der Waals surface area contributed by atoms with Gasteiger partial charge >= 0.3 is 0 Å². The Morgan fingerprint density at radius 1 is 1.09 bits per heavy atom. The lowest BCUT2D eigenvalue weighted by Crippen LogP contribution is -2.17. The molecule has 2 heterocycles. The molecule has 1 aromatic heterocycles. The lowest BCUT2D eigenvalue weighted by Gasteiger charge is -2.19. The van der Waals surface area contributed by atoms with Gasteiger partial charge in [0.1, 0.15) is 0 Å². The molecule has 0 atom stereocenters. The molecule has 32 heavy (non-hydrogen) atoms. The highest BCUT2D eigenvalue weighted by Crippen LogP contribution is 2.25. The van der Waals surface area contributed by atoms with Crippen molar-refractivity contribution in [3.8, 4) is 0 Å². The fourth-order valence-corrected chi connectivity index (χ4v) is 3.57. The highest BCUT2D eigenvalue weighted by Gasteiger charge is 2.10. The van der Waals surface area contributed by atoms with E-state index in [9.17, 15) is 0 Å². The van der Waals surface area contributed by atoms with Crippen LogP contribution in [0.1, 0.15) is 58.8 Å². The number of hydrogen-bond acceptors (Lipinski definition) is 4. The quantitative estimate of drug-likeness (QED) is 0.389. The number of hydrogen-bond donors (Lipinski definition) is 2. The smallest absolute Gasteiger partial charge is 0.0747 e. The molecule has 0 spiro atoms. The van der Waals surface area contributed by atoms with Gasteiger partial charge in [-0.3, -0.25) is 0 Å². The predicted molar refractivity (Wildman–Crippen MR) is 141 cm³/mol. The molecule has 4 heteroatoms. The van der Waals surface area contributed by atoms with Gasteiger partial charge in [-0.1, -0.05) is 56.4 Å². The van der Waals surface area contributed by atoms with Crippen LogP contribution >= 0.6 is 0 Å². The molecular formula is C28H40N4. The third-order valence-corrected chi connectivity index (χ3v) is 5.22. The lowest BCUT2D eigenvalue weighted by molar-refractivity contribution is 0.499. The summed E-state index contributed by atoms with van der Waals surface area (Å²) in [7, 11) is 2.10. The van der Waals surface area contributed by atoms with Crippen molar-refractivity contribution in [2.24, 2.45) is 0 Å². The summed E-state index contributed by atoms with van der Waals surface area (Å²) in [5.74, 6) is 0. The first-order chi connectivity index (χ1) is 15.5. The van der Waals surface area contributed by atoms with Crippen LogP contribution < -0.4 is 10.6 Å². The molecule has 1 aliphatic heterocycles. The van der Waals surface area contributed by atoms with Crippen molar-refractivity contribution < 1.29 is 0 Å². The van der Waals surface area contributed by atoms with E-state index in [4.69, 9.17) is 4.98 Å². The normalized spacial score (nSPS) is 15.4. The van der Waals surface area contributed by atoms with Gasteiger partial charge in [0.2, 0.25) is 0 Å². The van der Waals surface area contributed by atoms with Crippen LogP contribution in [0.25, 0.3) is 11.1 Å². The van der Waals surface area contributed by atoms with Crippen LogP contribution in [0.5, 0.6) is 0 Å². The minimum atomic E-state index is 0.778. The van der Waals surface area contributed by atoms with E-state index in [-0.39, 0.29) is 0 Å². The minimum absolute atomic E-state index is 0.778. The van der Waals surface area contributed by atoms with Crippen molar-refractivity contribution in [3.63, 3.8) is 0 Å². The standard InChI is InChI=1S/C28H40N4/c1-7-10-11-12-16-26(23(5)29-9-3)28-19-25(18-27(31-28)22(4)14-8-2)30-20-24-15-13-17-32(6)21-24/h10-16,18-19,21,29H,7-9,17,20H2,1-6H3,(H,30,31)/b11-10+,16-12-,22-14?,26-23-. The van der Waals surface area contributed by atoms with Crippen molar-refractivity contribution in [1.29, 1.82) is 0 Å². The van der Waals surface area contributed by atoms with E-state index in [2.05, 4.69) is 118 Å². The van der Waals surface area contributed by atoms with Crippen LogP contribution in [-0.2, 0) is 0 Å². The zero-order valence-electron chi connectivity index (χ0n) is 20.7. The number of pyridine rings is 1. The van der Waals surface area contributed by atoms with Crippen LogP contribution in [-0.4, -0.2) is 36.6 Å². The molecule has 172 valence electrons. The maximum atomic E-state index is 5.04. The lowest BCUT2D eigenvalue weighted by atomic mass is 10.0. The second kappa shape index (κ2) is 13.4. The summed E-state index contributed by atoms with van der Waals surface area (Å²) in [6.07, 6.45) is 19.4. The molecule has 0 fully saturated rings. The highest BCUT2D eigenvalue weighted by molar-refractivity contribution is 5.78. The SMILES string of the molecule is CCC=C(C)c1cc(NCC2=CN(C)CC=C2)cc(C(/C=C\C=C\CC)=C(/C)NCC)n1. The molecule has 2 N–H and O–H groups in total. The summed E-state index contributed by atoms with van der Waals surface area (Å²) in [5.41, 5.74) is 7.76. The summed E-state index contributed by atoms with van der Waals surface area (Å²) in [5, 5.41) is 7.09. The number of likely N-dealkylation sites (N-methyl/N-ethyl adjacent to an activating group) is 1. The predicted octanol–water partition coefficient (Wildman–Crippen LogP) is 6.56. The van der Waals surface area contributed by atoms with Gasteiger partial charge < -0.3 is 15.5 Å². The van der Waals surface area contributed by atoms with Gasteiger partial charge in [-0.05, 0) is 56.9 Å². The van der Waals surface area contributed by atoms with Crippen LogP contribution in [0.3, 0.4) is 0 Å². The Hall–Kier alpha value is -3.01. The van der Waals surface area contributed by atoms with Gasteiger partial charge in [-0.2, -0.15) is 0 Å². The number of nitrogens with one attached hydrogen (secondary N) is 2. The van der Waals surface area contributed by atoms with Crippen molar-refractivity contribution in [2.45, 2.75) is 47.5 Å². The Kier molecular flexibility index (Phi) is 10.6. The second-order valence-electron chi connectivity index (χ2n) is 8.09. The van der Waals surface area contributed by atoms with E-state index in [0.29, 0.717) is 0 Å². The van der Waals surface area contributed by atoms with Crippen molar-refractivity contribution in [3.05, 3.63) is 83.5 Å². The number of rotatable bonds is 11. The topological polar surface area (TPSA) is 40.2 Å². The third-order valence-electron chi connectivity index (χ3n) is 5.22. The van der Waals surface area contributed by atoms with E-state index in [0.717, 1.165) is 60.8 Å². The summed E-state index contributed by atoms with van der Waals surface area (Å²) in [6.45, 7) is 13.3.